The second-order valence-corrected chi connectivity index (χ2v) is 5.97. The van der Waals surface area contributed by atoms with Crippen LogP contribution in [0.3, 0.4) is 0 Å². The van der Waals surface area contributed by atoms with E-state index >= 15 is 0 Å². The average molecular weight is 339 g/mol. The minimum Gasteiger partial charge on any atom is -0.449 e. The van der Waals surface area contributed by atoms with E-state index < -0.39 is 18.0 Å². The maximum atomic E-state index is 12.2. The third-order valence-electron chi connectivity index (χ3n) is 3.93. The summed E-state index contributed by atoms with van der Waals surface area (Å²) >= 11 is 0. The molecule has 2 aromatic rings. The number of aryl methyl sites for hydroxylation is 2. The molecule has 0 saturated heterocycles. The van der Waals surface area contributed by atoms with Gasteiger partial charge in [0, 0.05) is 11.3 Å². The first-order valence-electron chi connectivity index (χ1n) is 7.98. The van der Waals surface area contributed by atoms with E-state index in [0.717, 1.165) is 11.1 Å². The summed E-state index contributed by atoms with van der Waals surface area (Å²) in [6.45, 7) is 6.82. The normalized spacial score (nSPS) is 11.5. The van der Waals surface area contributed by atoms with Gasteiger partial charge < -0.3 is 10.1 Å². The number of benzene rings is 2. The van der Waals surface area contributed by atoms with Crippen LogP contribution < -0.4 is 5.32 Å². The van der Waals surface area contributed by atoms with Crippen molar-refractivity contribution in [1.29, 1.82) is 0 Å². The van der Waals surface area contributed by atoms with Gasteiger partial charge in [-0.1, -0.05) is 18.2 Å². The first kappa shape index (κ1) is 18.4. The van der Waals surface area contributed by atoms with Gasteiger partial charge in [-0.2, -0.15) is 0 Å². The van der Waals surface area contributed by atoms with E-state index in [9.17, 15) is 14.4 Å². The molecule has 1 atom stereocenters. The quantitative estimate of drug-likeness (QED) is 0.666. The lowest BCUT2D eigenvalue weighted by Gasteiger charge is -2.14. The molecule has 1 N–H and O–H groups in total. The topological polar surface area (TPSA) is 72.5 Å². The number of amides is 1. The molecule has 0 aliphatic heterocycles. The second-order valence-electron chi connectivity index (χ2n) is 5.97. The Balaban J connectivity index is 2.02. The lowest BCUT2D eigenvalue weighted by molar-refractivity contribution is -0.123. The highest BCUT2D eigenvalue weighted by Gasteiger charge is 2.19. The highest BCUT2D eigenvalue weighted by atomic mass is 16.5. The van der Waals surface area contributed by atoms with Gasteiger partial charge in [-0.3, -0.25) is 9.59 Å². The first-order chi connectivity index (χ1) is 11.8. The highest BCUT2D eigenvalue weighted by molar-refractivity contribution is 5.99. The van der Waals surface area contributed by atoms with Crippen molar-refractivity contribution in [2.24, 2.45) is 0 Å². The van der Waals surface area contributed by atoms with Gasteiger partial charge in [-0.25, -0.2) is 4.79 Å². The standard InChI is InChI=1S/C20H21NO4/c1-12-8-9-17(10-13(12)2)20(24)25-15(4)19(23)21-18-7-5-6-16(11-18)14(3)22/h5-11,15H,1-4H3,(H,21,23). The van der Waals surface area contributed by atoms with E-state index in [0.29, 0.717) is 16.8 Å². The summed E-state index contributed by atoms with van der Waals surface area (Å²) < 4.78 is 5.23. The van der Waals surface area contributed by atoms with Gasteiger partial charge in [0.15, 0.2) is 11.9 Å². The zero-order valence-corrected chi connectivity index (χ0v) is 14.8. The van der Waals surface area contributed by atoms with Gasteiger partial charge in [0.1, 0.15) is 0 Å². The van der Waals surface area contributed by atoms with E-state index in [4.69, 9.17) is 4.74 Å². The molecule has 0 aromatic heterocycles. The Morgan fingerprint density at radius 1 is 0.960 bits per heavy atom. The molecule has 0 aliphatic rings. The molecule has 0 saturated carbocycles. The van der Waals surface area contributed by atoms with Crippen LogP contribution in [-0.2, 0) is 9.53 Å². The maximum Gasteiger partial charge on any atom is 0.338 e. The van der Waals surface area contributed by atoms with Gasteiger partial charge in [0.25, 0.3) is 5.91 Å². The Morgan fingerprint density at radius 3 is 2.32 bits per heavy atom. The zero-order chi connectivity index (χ0) is 18.6. The van der Waals surface area contributed by atoms with Crippen LogP contribution in [0.25, 0.3) is 0 Å². The molecule has 5 nitrogen and oxygen atoms in total. The fraction of sp³-hybridized carbons (Fsp3) is 0.250. The predicted molar refractivity (Wildman–Crippen MR) is 95.9 cm³/mol. The number of anilines is 1. The van der Waals surface area contributed by atoms with Crippen molar-refractivity contribution in [3.63, 3.8) is 0 Å². The van der Waals surface area contributed by atoms with Crippen LogP contribution in [0, 0.1) is 13.8 Å². The van der Waals surface area contributed by atoms with E-state index in [-0.39, 0.29) is 5.78 Å². The SMILES string of the molecule is CC(=O)c1cccc(NC(=O)C(C)OC(=O)c2ccc(C)c(C)c2)c1. The Labute approximate surface area is 147 Å². The molecule has 0 bridgehead atoms. The minimum absolute atomic E-state index is 0.0923. The summed E-state index contributed by atoms with van der Waals surface area (Å²) in [5, 5.41) is 2.65. The van der Waals surface area contributed by atoms with Crippen molar-refractivity contribution in [1.82, 2.24) is 0 Å². The third kappa shape index (κ3) is 4.76. The third-order valence-corrected chi connectivity index (χ3v) is 3.93. The van der Waals surface area contributed by atoms with Crippen LogP contribution in [0.1, 0.15) is 45.7 Å². The van der Waals surface area contributed by atoms with Crippen molar-refractivity contribution >= 4 is 23.3 Å². The number of ether oxygens (including phenoxy) is 1. The number of carbonyl (C=O) groups is 3. The summed E-state index contributed by atoms with van der Waals surface area (Å²) in [4.78, 5) is 35.8. The fourth-order valence-electron chi connectivity index (χ4n) is 2.21. The summed E-state index contributed by atoms with van der Waals surface area (Å²) in [7, 11) is 0. The predicted octanol–water partition coefficient (Wildman–Crippen LogP) is 3.69. The van der Waals surface area contributed by atoms with Crippen LogP contribution in [0.4, 0.5) is 5.69 Å². The van der Waals surface area contributed by atoms with Crippen LogP contribution in [-0.4, -0.2) is 23.8 Å². The van der Waals surface area contributed by atoms with Crippen LogP contribution in [0.5, 0.6) is 0 Å². The molecule has 130 valence electrons. The molecular weight excluding hydrogens is 318 g/mol. The number of carbonyl (C=O) groups excluding carboxylic acids is 3. The lowest BCUT2D eigenvalue weighted by Crippen LogP contribution is -2.30. The first-order valence-corrected chi connectivity index (χ1v) is 7.98. The molecule has 1 amide bonds. The summed E-state index contributed by atoms with van der Waals surface area (Å²) in [5.74, 6) is -1.11. The lowest BCUT2D eigenvalue weighted by atomic mass is 10.1. The number of hydrogen-bond acceptors (Lipinski definition) is 4. The summed E-state index contributed by atoms with van der Waals surface area (Å²) in [5.41, 5.74) is 3.44. The van der Waals surface area contributed by atoms with Crippen LogP contribution in [0.2, 0.25) is 0 Å². The van der Waals surface area contributed by atoms with E-state index in [1.807, 2.05) is 19.9 Å². The minimum atomic E-state index is -0.963. The van der Waals surface area contributed by atoms with Crippen LogP contribution in [0.15, 0.2) is 42.5 Å². The molecule has 1 unspecified atom stereocenters. The Bertz CT molecular complexity index is 826. The van der Waals surface area contributed by atoms with Gasteiger partial charge in [0.05, 0.1) is 5.56 Å². The Morgan fingerprint density at radius 2 is 1.68 bits per heavy atom. The molecule has 2 aromatic carbocycles. The summed E-state index contributed by atoms with van der Waals surface area (Å²) in [6, 6.07) is 11.8. The monoisotopic (exact) mass is 339 g/mol. The molecular formula is C20H21NO4. The van der Waals surface area contributed by atoms with Crippen molar-refractivity contribution in [2.45, 2.75) is 33.8 Å². The number of nitrogens with one attached hydrogen (secondary N) is 1. The average Bonchev–Trinajstić information content (AvgIpc) is 2.57. The van der Waals surface area contributed by atoms with Gasteiger partial charge in [-0.05, 0) is 63.1 Å². The molecule has 0 spiro atoms. The van der Waals surface area contributed by atoms with Crippen molar-refractivity contribution in [3.8, 4) is 0 Å². The van der Waals surface area contributed by atoms with E-state index in [1.54, 1.807) is 36.4 Å². The largest absolute Gasteiger partial charge is 0.449 e. The molecule has 0 fully saturated rings. The maximum absolute atomic E-state index is 12.2. The Hall–Kier alpha value is -2.95. The van der Waals surface area contributed by atoms with Crippen molar-refractivity contribution < 1.29 is 19.1 Å². The fourth-order valence-corrected chi connectivity index (χ4v) is 2.21. The van der Waals surface area contributed by atoms with Gasteiger partial charge in [-0.15, -0.1) is 0 Å². The van der Waals surface area contributed by atoms with Crippen molar-refractivity contribution in [2.75, 3.05) is 5.32 Å². The molecule has 0 heterocycles. The molecule has 0 radical (unpaired) electrons. The van der Waals surface area contributed by atoms with Crippen molar-refractivity contribution in [3.05, 3.63) is 64.7 Å². The molecule has 2 rings (SSSR count). The zero-order valence-electron chi connectivity index (χ0n) is 14.8. The molecule has 5 heteroatoms. The van der Waals surface area contributed by atoms with Gasteiger partial charge in [0.2, 0.25) is 0 Å². The van der Waals surface area contributed by atoms with Gasteiger partial charge >= 0.3 is 5.97 Å². The summed E-state index contributed by atoms with van der Waals surface area (Å²) in [6.07, 6.45) is -0.963. The molecule has 25 heavy (non-hydrogen) atoms. The smallest absolute Gasteiger partial charge is 0.338 e. The number of hydrogen-bond donors (Lipinski definition) is 1. The molecule has 0 aliphatic carbocycles. The van der Waals surface area contributed by atoms with E-state index in [2.05, 4.69) is 5.32 Å². The number of ketones is 1. The number of esters is 1. The van der Waals surface area contributed by atoms with Crippen LogP contribution >= 0.6 is 0 Å². The number of Topliss-reactive ketones (excluding diaryl/α,β-unsaturated/α-hetero) is 1. The Kier molecular flexibility index (Phi) is 5.70. The highest BCUT2D eigenvalue weighted by Crippen LogP contribution is 2.14. The van der Waals surface area contributed by atoms with E-state index in [1.165, 1.54) is 13.8 Å². The number of rotatable bonds is 5. The second kappa shape index (κ2) is 7.75.